The van der Waals surface area contributed by atoms with Gasteiger partial charge in [0.15, 0.2) is 9.84 Å². The van der Waals surface area contributed by atoms with E-state index in [1.54, 1.807) is 6.92 Å². The molecule has 0 aromatic carbocycles. The molecule has 1 N–H and O–H groups in total. The minimum Gasteiger partial charge on any atom is -0.345 e. The van der Waals surface area contributed by atoms with Gasteiger partial charge in [0.05, 0.1) is 29.4 Å². The Labute approximate surface area is 130 Å². The number of carbonyl (C=O) groups is 1. The minimum absolute atomic E-state index is 0.000797. The Morgan fingerprint density at radius 3 is 2.59 bits per heavy atom. The number of rotatable bonds is 3. The van der Waals surface area contributed by atoms with Crippen molar-refractivity contribution in [3.8, 4) is 0 Å². The summed E-state index contributed by atoms with van der Waals surface area (Å²) in [5, 5.41) is 2.83. The molecule has 2 atom stereocenters. The second-order valence-electron chi connectivity index (χ2n) is 6.01. The molecular formula is C14H20N4O3S. The van der Waals surface area contributed by atoms with Gasteiger partial charge in [0.1, 0.15) is 5.69 Å². The Hall–Kier alpha value is -1.54. The molecule has 3 heterocycles. The first-order valence-electron chi connectivity index (χ1n) is 7.48. The van der Waals surface area contributed by atoms with Crippen LogP contribution in [0.1, 0.15) is 29.0 Å². The van der Waals surface area contributed by atoms with Crippen molar-refractivity contribution < 1.29 is 13.2 Å². The zero-order valence-electron chi connectivity index (χ0n) is 12.5. The van der Waals surface area contributed by atoms with E-state index in [0.717, 1.165) is 31.6 Å². The van der Waals surface area contributed by atoms with Crippen LogP contribution in [-0.2, 0) is 9.84 Å². The summed E-state index contributed by atoms with van der Waals surface area (Å²) in [6.45, 7) is 3.59. The zero-order chi connectivity index (χ0) is 15.7. The topological polar surface area (TPSA) is 92.3 Å². The maximum Gasteiger partial charge on any atom is 0.271 e. The molecule has 0 aliphatic carbocycles. The van der Waals surface area contributed by atoms with E-state index < -0.39 is 9.84 Å². The summed E-state index contributed by atoms with van der Waals surface area (Å²) in [5.41, 5.74) is 0.949. The van der Waals surface area contributed by atoms with Gasteiger partial charge < -0.3 is 5.32 Å². The van der Waals surface area contributed by atoms with Crippen LogP contribution in [0.3, 0.4) is 0 Å². The molecule has 0 bridgehead atoms. The molecule has 0 saturated carbocycles. The summed E-state index contributed by atoms with van der Waals surface area (Å²) in [4.78, 5) is 22.5. The highest BCUT2D eigenvalue weighted by Crippen LogP contribution is 2.22. The van der Waals surface area contributed by atoms with Crippen LogP contribution in [-0.4, -0.2) is 65.9 Å². The molecule has 3 rings (SSSR count). The van der Waals surface area contributed by atoms with Gasteiger partial charge in [-0.3, -0.25) is 14.7 Å². The van der Waals surface area contributed by atoms with Gasteiger partial charge in [-0.15, -0.1) is 0 Å². The van der Waals surface area contributed by atoms with Crippen molar-refractivity contribution >= 4 is 15.7 Å². The second kappa shape index (κ2) is 5.92. The molecular weight excluding hydrogens is 304 g/mol. The van der Waals surface area contributed by atoms with E-state index in [-0.39, 0.29) is 35.2 Å². The van der Waals surface area contributed by atoms with Crippen molar-refractivity contribution in [1.82, 2.24) is 20.2 Å². The van der Waals surface area contributed by atoms with Crippen LogP contribution < -0.4 is 5.32 Å². The predicted octanol–water partition coefficient (Wildman–Crippen LogP) is -0.224. The second-order valence-corrected chi connectivity index (χ2v) is 8.16. The fourth-order valence-electron chi connectivity index (χ4n) is 3.15. The van der Waals surface area contributed by atoms with Gasteiger partial charge in [-0.05, 0) is 32.9 Å². The number of sulfone groups is 1. The van der Waals surface area contributed by atoms with Crippen LogP contribution in [0.5, 0.6) is 0 Å². The fourth-order valence-corrected chi connectivity index (χ4v) is 5.10. The summed E-state index contributed by atoms with van der Waals surface area (Å²) in [6.07, 6.45) is 5.11. The highest BCUT2D eigenvalue weighted by molar-refractivity contribution is 7.91. The number of aromatic nitrogens is 2. The number of likely N-dealkylation sites (tertiary alicyclic amines) is 1. The van der Waals surface area contributed by atoms with Gasteiger partial charge in [0.2, 0.25) is 0 Å². The largest absolute Gasteiger partial charge is 0.345 e. The summed E-state index contributed by atoms with van der Waals surface area (Å²) >= 11 is 0. The molecule has 2 aliphatic heterocycles. The lowest BCUT2D eigenvalue weighted by atomic mass is 10.1. The van der Waals surface area contributed by atoms with Crippen molar-refractivity contribution in [3.63, 3.8) is 0 Å². The summed E-state index contributed by atoms with van der Waals surface area (Å²) in [7, 11) is -3.11. The monoisotopic (exact) mass is 324 g/mol. The smallest absolute Gasteiger partial charge is 0.271 e. The predicted molar refractivity (Wildman–Crippen MR) is 81.3 cm³/mol. The number of carbonyl (C=O) groups excluding carboxylic acids is 1. The van der Waals surface area contributed by atoms with Crippen molar-refractivity contribution in [2.45, 2.75) is 31.8 Å². The van der Waals surface area contributed by atoms with Crippen molar-refractivity contribution in [2.24, 2.45) is 0 Å². The minimum atomic E-state index is -3.11. The number of hydrogen-bond acceptors (Lipinski definition) is 6. The molecule has 7 nitrogen and oxygen atoms in total. The van der Waals surface area contributed by atoms with Crippen LogP contribution in [0.15, 0.2) is 12.4 Å². The molecule has 120 valence electrons. The quantitative estimate of drug-likeness (QED) is 0.826. The Morgan fingerprint density at radius 1 is 1.23 bits per heavy atom. The van der Waals surface area contributed by atoms with Gasteiger partial charge in [0.25, 0.3) is 5.91 Å². The lowest BCUT2D eigenvalue weighted by molar-refractivity contribution is 0.0913. The average Bonchev–Trinajstić information content (AvgIpc) is 3.07. The van der Waals surface area contributed by atoms with E-state index in [2.05, 4.69) is 20.2 Å². The molecule has 22 heavy (non-hydrogen) atoms. The van der Waals surface area contributed by atoms with E-state index in [1.807, 2.05) is 0 Å². The molecule has 0 unspecified atom stereocenters. The van der Waals surface area contributed by atoms with Crippen molar-refractivity contribution in [2.75, 3.05) is 24.6 Å². The first-order valence-corrected chi connectivity index (χ1v) is 9.31. The number of nitrogens with zero attached hydrogens (tertiary/aromatic N) is 3. The maximum atomic E-state index is 12.3. The normalized spacial score (nSPS) is 27.9. The number of hydrogen-bond donors (Lipinski definition) is 1. The Balaban J connectivity index is 1.74. The van der Waals surface area contributed by atoms with Crippen molar-refractivity contribution in [1.29, 1.82) is 0 Å². The van der Waals surface area contributed by atoms with Crippen LogP contribution in [0.25, 0.3) is 0 Å². The maximum absolute atomic E-state index is 12.3. The van der Waals surface area contributed by atoms with Crippen LogP contribution in [0.4, 0.5) is 0 Å². The van der Waals surface area contributed by atoms with E-state index in [0.29, 0.717) is 0 Å². The van der Waals surface area contributed by atoms with E-state index in [4.69, 9.17) is 0 Å². The van der Waals surface area contributed by atoms with Gasteiger partial charge in [-0.2, -0.15) is 0 Å². The van der Waals surface area contributed by atoms with Crippen LogP contribution in [0.2, 0.25) is 0 Å². The Kier molecular flexibility index (Phi) is 4.14. The highest BCUT2D eigenvalue weighted by Gasteiger charge is 2.42. The average molecular weight is 324 g/mol. The fraction of sp³-hybridized carbons (Fsp3) is 0.643. The van der Waals surface area contributed by atoms with Crippen LogP contribution in [0, 0.1) is 6.92 Å². The summed E-state index contributed by atoms with van der Waals surface area (Å²) < 4.78 is 23.9. The van der Waals surface area contributed by atoms with E-state index >= 15 is 0 Å². The number of nitrogens with one attached hydrogen (secondary N) is 1. The van der Waals surface area contributed by atoms with Gasteiger partial charge >= 0.3 is 0 Å². The molecule has 0 radical (unpaired) electrons. The number of aryl methyl sites for hydroxylation is 1. The lowest BCUT2D eigenvalue weighted by Gasteiger charge is -2.28. The molecule has 2 saturated heterocycles. The van der Waals surface area contributed by atoms with E-state index in [9.17, 15) is 13.2 Å². The Morgan fingerprint density at radius 2 is 1.95 bits per heavy atom. The molecule has 0 spiro atoms. The third-order valence-corrected chi connectivity index (χ3v) is 5.98. The molecule has 8 heteroatoms. The van der Waals surface area contributed by atoms with Gasteiger partial charge in [-0.25, -0.2) is 13.4 Å². The van der Waals surface area contributed by atoms with Crippen LogP contribution >= 0.6 is 0 Å². The highest BCUT2D eigenvalue weighted by atomic mass is 32.2. The molecule has 2 aliphatic rings. The first-order chi connectivity index (χ1) is 10.4. The van der Waals surface area contributed by atoms with Crippen molar-refractivity contribution in [3.05, 3.63) is 23.8 Å². The summed E-state index contributed by atoms with van der Waals surface area (Å²) in [5.74, 6) is -0.240. The number of amides is 1. The molecule has 2 fully saturated rings. The summed E-state index contributed by atoms with van der Waals surface area (Å²) in [6, 6.07) is -0.506. The van der Waals surface area contributed by atoms with E-state index in [1.165, 1.54) is 12.4 Å². The third kappa shape index (κ3) is 3.27. The SMILES string of the molecule is Cc1cnc(C(=O)N[C@H]2CS(=O)(=O)C[C@H]2N2CCCC2)cn1. The third-order valence-electron chi connectivity index (χ3n) is 4.26. The first kappa shape index (κ1) is 15.4. The molecule has 1 aromatic heterocycles. The Bertz CT molecular complexity index is 653. The zero-order valence-corrected chi connectivity index (χ0v) is 13.3. The van der Waals surface area contributed by atoms with Gasteiger partial charge in [-0.1, -0.05) is 0 Å². The standard InChI is InChI=1S/C14H20N4O3S/c1-10-6-16-11(7-15-10)14(19)17-12-8-22(20,21)9-13(12)18-4-2-3-5-18/h6-7,12-13H,2-5,8-9H2,1H3,(H,17,19)/t12-,13+/m0/s1. The van der Waals surface area contributed by atoms with Gasteiger partial charge in [0, 0.05) is 12.2 Å². The molecule has 1 aromatic rings. The lowest BCUT2D eigenvalue weighted by Crippen LogP contribution is -2.50. The molecule has 1 amide bonds.